The summed E-state index contributed by atoms with van der Waals surface area (Å²) in [5.74, 6) is -0.149. The van der Waals surface area contributed by atoms with Gasteiger partial charge in [-0.3, -0.25) is 9.69 Å². The van der Waals surface area contributed by atoms with Gasteiger partial charge in [0.2, 0.25) is 0 Å². The number of esters is 1. The predicted molar refractivity (Wildman–Crippen MR) is 58.2 cm³/mol. The monoisotopic (exact) mass is 201 g/mol. The average molecular weight is 201 g/mol. The highest BCUT2D eigenvalue weighted by Crippen LogP contribution is 2.15. The predicted octanol–water partition coefficient (Wildman–Crippen LogP) is 2.06. The normalized spacial score (nSPS) is 12.3. The highest BCUT2D eigenvalue weighted by molar-refractivity contribution is 5.71. The van der Waals surface area contributed by atoms with Crippen molar-refractivity contribution in [2.24, 2.45) is 0 Å². The van der Waals surface area contributed by atoms with Crippen LogP contribution in [0.4, 0.5) is 0 Å². The van der Waals surface area contributed by atoms with Crippen molar-refractivity contribution in [1.29, 1.82) is 0 Å². The van der Waals surface area contributed by atoms with Gasteiger partial charge in [0.15, 0.2) is 0 Å². The van der Waals surface area contributed by atoms with Gasteiger partial charge in [0.25, 0.3) is 0 Å². The van der Waals surface area contributed by atoms with Crippen LogP contribution >= 0.6 is 0 Å². The third-order valence-corrected chi connectivity index (χ3v) is 2.63. The van der Waals surface area contributed by atoms with Gasteiger partial charge in [0.1, 0.15) is 0 Å². The number of ether oxygens (including phenoxy) is 1. The maximum atomic E-state index is 11.4. The van der Waals surface area contributed by atoms with Gasteiger partial charge in [-0.25, -0.2) is 0 Å². The first kappa shape index (κ1) is 13.4. The molecule has 0 aliphatic heterocycles. The fourth-order valence-electron chi connectivity index (χ4n) is 0.978. The first-order valence-corrected chi connectivity index (χ1v) is 5.20. The fourth-order valence-corrected chi connectivity index (χ4v) is 0.978. The first-order chi connectivity index (χ1) is 6.29. The first-order valence-electron chi connectivity index (χ1n) is 5.20. The van der Waals surface area contributed by atoms with Crippen molar-refractivity contribution in [3.8, 4) is 0 Å². The van der Waals surface area contributed by atoms with E-state index in [0.717, 1.165) is 6.42 Å². The molecule has 0 saturated heterocycles. The lowest BCUT2D eigenvalue weighted by atomic mass is 10.0. The quantitative estimate of drug-likeness (QED) is 0.638. The largest absolute Gasteiger partial charge is 0.462 e. The molecule has 0 radical (unpaired) electrons. The highest BCUT2D eigenvalue weighted by Gasteiger charge is 2.23. The number of hydrogen-bond donors (Lipinski definition) is 0. The van der Waals surface area contributed by atoms with Crippen LogP contribution in [-0.4, -0.2) is 36.1 Å². The van der Waals surface area contributed by atoms with Crippen molar-refractivity contribution in [1.82, 2.24) is 4.90 Å². The zero-order chi connectivity index (χ0) is 11.4. The summed E-state index contributed by atoms with van der Waals surface area (Å²) < 4.78 is 5.08. The lowest BCUT2D eigenvalue weighted by Gasteiger charge is -2.34. The van der Waals surface area contributed by atoms with Gasteiger partial charge in [-0.15, -0.1) is 0 Å². The molecule has 0 N–H and O–H groups in total. The second-order valence-electron chi connectivity index (χ2n) is 4.56. The maximum absolute atomic E-state index is 11.4. The molecule has 0 spiro atoms. The summed E-state index contributed by atoms with van der Waals surface area (Å²) in [6, 6.07) is 0. The molecule has 0 heterocycles. The van der Waals surface area contributed by atoms with E-state index in [9.17, 15) is 4.79 Å². The molecule has 84 valence electrons. The highest BCUT2D eigenvalue weighted by atomic mass is 16.5. The van der Waals surface area contributed by atoms with Gasteiger partial charge in [-0.1, -0.05) is 6.92 Å². The number of nitrogens with zero attached hydrogens (tertiary/aromatic N) is 1. The summed E-state index contributed by atoms with van der Waals surface area (Å²) >= 11 is 0. The molecular weight excluding hydrogens is 178 g/mol. The lowest BCUT2D eigenvalue weighted by Crippen LogP contribution is -2.44. The average Bonchev–Trinajstić information content (AvgIpc) is 2.02. The van der Waals surface area contributed by atoms with Gasteiger partial charge in [0, 0.05) is 5.54 Å². The van der Waals surface area contributed by atoms with Crippen LogP contribution in [-0.2, 0) is 9.53 Å². The second-order valence-corrected chi connectivity index (χ2v) is 4.56. The summed E-state index contributed by atoms with van der Waals surface area (Å²) in [6.45, 7) is 10.4. The zero-order valence-corrected chi connectivity index (χ0v) is 10.3. The molecule has 0 unspecified atom stereocenters. The lowest BCUT2D eigenvalue weighted by molar-refractivity contribution is -0.149. The van der Waals surface area contributed by atoms with Crippen molar-refractivity contribution in [2.45, 2.75) is 52.7 Å². The molecule has 3 nitrogen and oxygen atoms in total. The summed E-state index contributed by atoms with van der Waals surface area (Å²) in [7, 11) is 1.95. The third kappa shape index (κ3) is 4.61. The van der Waals surface area contributed by atoms with Crippen molar-refractivity contribution in [2.75, 3.05) is 13.6 Å². The number of likely N-dealkylation sites (N-methyl/N-ethyl adjacent to an activating group) is 1. The van der Waals surface area contributed by atoms with Crippen molar-refractivity contribution in [3.05, 3.63) is 0 Å². The van der Waals surface area contributed by atoms with Crippen LogP contribution in [0.25, 0.3) is 0 Å². The van der Waals surface area contributed by atoms with E-state index in [4.69, 9.17) is 4.74 Å². The minimum Gasteiger partial charge on any atom is -0.462 e. The van der Waals surface area contributed by atoms with E-state index >= 15 is 0 Å². The Labute approximate surface area is 87.4 Å². The Morgan fingerprint density at radius 3 is 2.29 bits per heavy atom. The minimum atomic E-state index is -0.149. The van der Waals surface area contributed by atoms with Gasteiger partial charge in [-0.05, 0) is 41.2 Å². The summed E-state index contributed by atoms with van der Waals surface area (Å²) in [5.41, 5.74) is 0.0516. The Bertz CT molecular complexity index is 188. The number of carbonyl (C=O) groups is 1. The van der Waals surface area contributed by atoms with E-state index in [-0.39, 0.29) is 17.6 Å². The van der Waals surface area contributed by atoms with Crippen LogP contribution in [0.3, 0.4) is 0 Å². The van der Waals surface area contributed by atoms with E-state index < -0.39 is 0 Å². The van der Waals surface area contributed by atoms with Crippen molar-refractivity contribution in [3.63, 3.8) is 0 Å². The van der Waals surface area contributed by atoms with Crippen LogP contribution < -0.4 is 0 Å². The van der Waals surface area contributed by atoms with E-state index in [0.29, 0.717) is 6.54 Å². The van der Waals surface area contributed by atoms with Crippen LogP contribution in [0.15, 0.2) is 0 Å². The Hall–Kier alpha value is -0.570. The fraction of sp³-hybridized carbons (Fsp3) is 0.909. The molecule has 0 saturated carbocycles. The molecule has 0 aromatic heterocycles. The molecule has 0 aromatic carbocycles. The Kier molecular flexibility index (Phi) is 5.13. The van der Waals surface area contributed by atoms with Crippen LogP contribution in [0.5, 0.6) is 0 Å². The molecule has 0 atom stereocenters. The van der Waals surface area contributed by atoms with Crippen molar-refractivity contribution >= 4 is 5.97 Å². The second kappa shape index (κ2) is 5.35. The third-order valence-electron chi connectivity index (χ3n) is 2.63. The molecule has 0 aliphatic carbocycles. The summed E-state index contributed by atoms with van der Waals surface area (Å²) in [4.78, 5) is 13.4. The number of hydrogen-bond acceptors (Lipinski definition) is 3. The summed E-state index contributed by atoms with van der Waals surface area (Å²) in [5, 5.41) is 0. The van der Waals surface area contributed by atoms with E-state index in [2.05, 4.69) is 20.8 Å². The van der Waals surface area contributed by atoms with E-state index in [1.807, 2.05) is 25.8 Å². The molecule has 0 bridgehead atoms. The van der Waals surface area contributed by atoms with Gasteiger partial charge in [0.05, 0.1) is 12.6 Å². The van der Waals surface area contributed by atoms with Crippen LogP contribution in [0, 0.1) is 0 Å². The Morgan fingerprint density at radius 1 is 1.43 bits per heavy atom. The zero-order valence-electron chi connectivity index (χ0n) is 10.3. The molecule has 3 heteroatoms. The van der Waals surface area contributed by atoms with Crippen LogP contribution in [0.1, 0.15) is 41.0 Å². The van der Waals surface area contributed by atoms with E-state index in [1.165, 1.54) is 0 Å². The Morgan fingerprint density at radius 2 is 1.93 bits per heavy atom. The molecule has 0 aliphatic rings. The van der Waals surface area contributed by atoms with E-state index in [1.54, 1.807) is 0 Å². The molecule has 0 amide bonds. The number of carbonyl (C=O) groups excluding carboxylic acids is 1. The number of rotatable bonds is 5. The van der Waals surface area contributed by atoms with Gasteiger partial charge in [-0.2, -0.15) is 0 Å². The Balaban J connectivity index is 4.06. The molecule has 0 fully saturated rings. The molecule has 14 heavy (non-hydrogen) atoms. The standard InChI is InChI=1S/C11H23NO2/c1-7-11(4,5)12(6)8-10(13)14-9(2)3/h9H,7-8H2,1-6H3. The van der Waals surface area contributed by atoms with Gasteiger partial charge >= 0.3 is 5.97 Å². The SMILES string of the molecule is CCC(C)(C)N(C)CC(=O)OC(C)C. The van der Waals surface area contributed by atoms with Gasteiger partial charge < -0.3 is 4.74 Å². The molecule has 0 aromatic rings. The topological polar surface area (TPSA) is 29.5 Å². The minimum absolute atomic E-state index is 0.0272. The maximum Gasteiger partial charge on any atom is 0.320 e. The molecule has 0 rings (SSSR count). The van der Waals surface area contributed by atoms with Crippen LogP contribution in [0.2, 0.25) is 0 Å². The summed E-state index contributed by atoms with van der Waals surface area (Å²) in [6.07, 6.45) is 0.985. The smallest absolute Gasteiger partial charge is 0.320 e. The molecular formula is C11H23NO2. The van der Waals surface area contributed by atoms with Crippen molar-refractivity contribution < 1.29 is 9.53 Å².